The molecular weight excluding hydrogens is 328 g/mol. The maximum atomic E-state index is 12.4. The molecule has 1 fully saturated rings. The van der Waals surface area contributed by atoms with Crippen molar-refractivity contribution in [2.45, 2.75) is 25.7 Å². The molecule has 2 aromatic rings. The quantitative estimate of drug-likeness (QED) is 0.835. The van der Waals surface area contributed by atoms with Crippen LogP contribution in [0.15, 0.2) is 48.5 Å². The van der Waals surface area contributed by atoms with Crippen LogP contribution in [0.4, 0.5) is 11.4 Å². The van der Waals surface area contributed by atoms with Crippen LogP contribution in [0.2, 0.25) is 0 Å². The van der Waals surface area contributed by atoms with Gasteiger partial charge in [-0.15, -0.1) is 0 Å². The first-order chi connectivity index (χ1) is 12.7. The van der Waals surface area contributed by atoms with Gasteiger partial charge in [0, 0.05) is 18.8 Å². The highest BCUT2D eigenvalue weighted by Crippen LogP contribution is 2.21. The summed E-state index contributed by atoms with van der Waals surface area (Å²) in [6.07, 6.45) is 4.05. The third-order valence-electron chi connectivity index (χ3n) is 4.63. The van der Waals surface area contributed by atoms with Gasteiger partial charge in [0.15, 0.2) is 0 Å². The van der Waals surface area contributed by atoms with E-state index >= 15 is 0 Å². The highest BCUT2D eigenvalue weighted by atomic mass is 16.5. The van der Waals surface area contributed by atoms with Crippen molar-refractivity contribution in [2.24, 2.45) is 0 Å². The topological polar surface area (TPSA) is 58.6 Å². The molecule has 1 N–H and O–H groups in total. The number of methoxy groups -OCH3 is 1. The van der Waals surface area contributed by atoms with Gasteiger partial charge in [-0.25, -0.2) is 4.79 Å². The molecule has 1 heterocycles. The summed E-state index contributed by atoms with van der Waals surface area (Å²) in [5, 5.41) is 2.80. The van der Waals surface area contributed by atoms with E-state index in [1.165, 1.54) is 32.1 Å². The smallest absolute Gasteiger partial charge is 0.339 e. The molecule has 0 saturated carbocycles. The van der Waals surface area contributed by atoms with Gasteiger partial charge >= 0.3 is 5.97 Å². The van der Waals surface area contributed by atoms with Gasteiger partial charge in [0.05, 0.1) is 24.8 Å². The molecule has 5 nitrogen and oxygen atoms in total. The predicted molar refractivity (Wildman–Crippen MR) is 103 cm³/mol. The van der Waals surface area contributed by atoms with Crippen LogP contribution in [-0.4, -0.2) is 32.1 Å². The van der Waals surface area contributed by atoms with Gasteiger partial charge in [0.25, 0.3) is 0 Å². The van der Waals surface area contributed by atoms with E-state index in [9.17, 15) is 9.59 Å². The number of anilines is 2. The number of para-hydroxylation sites is 1. The first-order valence-corrected chi connectivity index (χ1v) is 8.98. The largest absolute Gasteiger partial charge is 0.465 e. The second-order valence-electron chi connectivity index (χ2n) is 6.48. The summed E-state index contributed by atoms with van der Waals surface area (Å²) in [5.41, 5.74) is 2.97. The van der Waals surface area contributed by atoms with Crippen molar-refractivity contribution in [3.63, 3.8) is 0 Å². The van der Waals surface area contributed by atoms with Gasteiger partial charge in [0.2, 0.25) is 5.91 Å². The number of esters is 1. The lowest BCUT2D eigenvalue weighted by molar-refractivity contribution is -0.115. The van der Waals surface area contributed by atoms with Crippen molar-refractivity contribution in [3.05, 3.63) is 59.7 Å². The van der Waals surface area contributed by atoms with Crippen molar-refractivity contribution in [1.82, 2.24) is 0 Å². The molecule has 0 unspecified atom stereocenters. The van der Waals surface area contributed by atoms with E-state index in [4.69, 9.17) is 4.74 Å². The summed E-state index contributed by atoms with van der Waals surface area (Å²) in [6.45, 7) is 2.20. The lowest BCUT2D eigenvalue weighted by atomic mass is 10.1. The summed E-state index contributed by atoms with van der Waals surface area (Å²) in [4.78, 5) is 26.5. The van der Waals surface area contributed by atoms with Crippen molar-refractivity contribution < 1.29 is 14.3 Å². The number of hydrogen-bond acceptors (Lipinski definition) is 4. The Balaban J connectivity index is 1.62. The zero-order valence-corrected chi connectivity index (χ0v) is 15.0. The molecule has 136 valence electrons. The molecule has 0 aliphatic carbocycles. The van der Waals surface area contributed by atoms with Crippen LogP contribution in [0, 0.1) is 0 Å². The average Bonchev–Trinajstić information content (AvgIpc) is 2.69. The summed E-state index contributed by atoms with van der Waals surface area (Å²) in [7, 11) is 1.32. The molecule has 1 aliphatic heterocycles. The maximum absolute atomic E-state index is 12.4. The van der Waals surface area contributed by atoms with Crippen molar-refractivity contribution in [3.8, 4) is 0 Å². The number of carbonyl (C=O) groups is 2. The Morgan fingerprint density at radius 2 is 1.69 bits per heavy atom. The Bertz CT molecular complexity index is 765. The summed E-state index contributed by atoms with van der Waals surface area (Å²) in [5.74, 6) is -0.626. The molecular formula is C21H24N2O3. The second kappa shape index (κ2) is 8.52. The highest BCUT2D eigenvalue weighted by Gasteiger charge is 2.14. The Labute approximate surface area is 154 Å². The Kier molecular flexibility index (Phi) is 5.89. The summed E-state index contributed by atoms with van der Waals surface area (Å²) in [6, 6.07) is 15.0. The van der Waals surface area contributed by atoms with Gasteiger partial charge in [-0.05, 0) is 49.1 Å². The standard InChI is InChI=1S/C21H24N2O3/c1-26-21(25)18-7-3-4-8-19(18)22-20(24)15-16-9-11-17(12-10-16)23-13-5-2-6-14-23/h3-4,7-12H,2,5-6,13-15H2,1H3,(H,22,24). The molecule has 5 heteroatoms. The number of rotatable bonds is 5. The minimum absolute atomic E-state index is 0.160. The van der Waals surface area contributed by atoms with E-state index in [0.717, 1.165) is 18.7 Å². The van der Waals surface area contributed by atoms with Gasteiger partial charge in [-0.3, -0.25) is 4.79 Å². The number of ether oxygens (including phenoxy) is 1. The number of hydrogen-bond donors (Lipinski definition) is 1. The van der Waals surface area contributed by atoms with Crippen LogP contribution in [0.25, 0.3) is 0 Å². The first-order valence-electron chi connectivity index (χ1n) is 8.98. The molecule has 2 aromatic carbocycles. The van der Waals surface area contributed by atoms with Crippen LogP contribution in [0.1, 0.15) is 35.2 Å². The summed E-state index contributed by atoms with van der Waals surface area (Å²) >= 11 is 0. The molecule has 1 saturated heterocycles. The van der Waals surface area contributed by atoms with Gasteiger partial charge in [-0.1, -0.05) is 24.3 Å². The zero-order chi connectivity index (χ0) is 18.4. The van der Waals surface area contributed by atoms with Gasteiger partial charge in [-0.2, -0.15) is 0 Å². The van der Waals surface area contributed by atoms with Crippen molar-refractivity contribution in [2.75, 3.05) is 30.4 Å². The SMILES string of the molecule is COC(=O)c1ccccc1NC(=O)Cc1ccc(N2CCCCC2)cc1. The molecule has 0 spiro atoms. The number of benzene rings is 2. The molecule has 1 aliphatic rings. The number of carbonyl (C=O) groups excluding carboxylic acids is 2. The average molecular weight is 352 g/mol. The van der Waals surface area contributed by atoms with Crippen LogP contribution < -0.4 is 10.2 Å². The van der Waals surface area contributed by atoms with Crippen molar-refractivity contribution in [1.29, 1.82) is 0 Å². The van der Waals surface area contributed by atoms with E-state index in [1.54, 1.807) is 24.3 Å². The maximum Gasteiger partial charge on any atom is 0.339 e. The van der Waals surface area contributed by atoms with Gasteiger partial charge in [0.1, 0.15) is 0 Å². The van der Waals surface area contributed by atoms with E-state index in [2.05, 4.69) is 22.3 Å². The fourth-order valence-corrected chi connectivity index (χ4v) is 3.24. The number of nitrogens with one attached hydrogen (secondary N) is 1. The van der Waals surface area contributed by atoms with Crippen LogP contribution in [0.5, 0.6) is 0 Å². The zero-order valence-electron chi connectivity index (χ0n) is 15.0. The number of nitrogens with zero attached hydrogens (tertiary/aromatic N) is 1. The Hall–Kier alpha value is -2.82. The fourth-order valence-electron chi connectivity index (χ4n) is 3.24. The van der Waals surface area contributed by atoms with Gasteiger partial charge < -0.3 is 15.0 Å². The fraction of sp³-hybridized carbons (Fsp3) is 0.333. The molecule has 0 aromatic heterocycles. The minimum atomic E-state index is -0.466. The number of amides is 1. The summed E-state index contributed by atoms with van der Waals surface area (Å²) < 4.78 is 4.75. The van der Waals surface area contributed by atoms with E-state index in [0.29, 0.717) is 11.3 Å². The number of piperidine rings is 1. The minimum Gasteiger partial charge on any atom is -0.465 e. The first kappa shape index (κ1) is 18.0. The molecule has 26 heavy (non-hydrogen) atoms. The molecule has 0 radical (unpaired) electrons. The lowest BCUT2D eigenvalue weighted by Crippen LogP contribution is -2.29. The predicted octanol–water partition coefficient (Wildman–Crippen LogP) is 3.64. The molecule has 0 bridgehead atoms. The second-order valence-corrected chi connectivity index (χ2v) is 6.48. The van der Waals surface area contributed by atoms with Crippen LogP contribution >= 0.6 is 0 Å². The van der Waals surface area contributed by atoms with E-state index < -0.39 is 5.97 Å². The molecule has 0 atom stereocenters. The van der Waals surface area contributed by atoms with Crippen LogP contribution in [-0.2, 0) is 16.0 Å². The normalized spacial score (nSPS) is 14.0. The van der Waals surface area contributed by atoms with E-state index in [-0.39, 0.29) is 12.3 Å². The van der Waals surface area contributed by atoms with Crippen molar-refractivity contribution >= 4 is 23.3 Å². The monoisotopic (exact) mass is 352 g/mol. The Morgan fingerprint density at radius 3 is 2.38 bits per heavy atom. The molecule has 3 rings (SSSR count). The van der Waals surface area contributed by atoms with Crippen LogP contribution in [0.3, 0.4) is 0 Å². The van der Waals surface area contributed by atoms with E-state index in [1.807, 2.05) is 12.1 Å². The third-order valence-corrected chi connectivity index (χ3v) is 4.63. The molecule has 1 amide bonds. The Morgan fingerprint density at radius 1 is 1.00 bits per heavy atom. The third kappa shape index (κ3) is 4.42. The highest BCUT2D eigenvalue weighted by molar-refractivity contribution is 6.01. The lowest BCUT2D eigenvalue weighted by Gasteiger charge is -2.28.